The number of nitrogens with one attached hydrogen (secondary N) is 1. The first kappa shape index (κ1) is 17.5. The van der Waals surface area contributed by atoms with Crippen LogP contribution in [0.2, 0.25) is 0 Å². The van der Waals surface area contributed by atoms with Crippen LogP contribution in [0, 0.1) is 5.41 Å². The van der Waals surface area contributed by atoms with Crippen LogP contribution >= 0.6 is 0 Å². The number of benzene rings is 1. The number of carbonyl (C=O) groups is 2. The molecule has 4 nitrogen and oxygen atoms in total. The van der Waals surface area contributed by atoms with E-state index in [9.17, 15) is 9.59 Å². The number of hydrogen-bond acceptors (Lipinski definition) is 2. The molecule has 0 aromatic heterocycles. The maximum Gasteiger partial charge on any atom is 0.223 e. The Bertz CT molecular complexity index is 575. The molecule has 1 aromatic carbocycles. The zero-order chi connectivity index (χ0) is 17.0. The third-order valence-corrected chi connectivity index (χ3v) is 4.73. The molecule has 23 heavy (non-hydrogen) atoms. The maximum absolute atomic E-state index is 12.3. The van der Waals surface area contributed by atoms with Gasteiger partial charge >= 0.3 is 0 Å². The van der Waals surface area contributed by atoms with E-state index in [1.165, 1.54) is 11.1 Å². The summed E-state index contributed by atoms with van der Waals surface area (Å²) in [5.74, 6) is 0.0243. The monoisotopic (exact) mass is 316 g/mol. The molecule has 1 N–H and O–H groups in total. The van der Waals surface area contributed by atoms with Crippen LogP contribution in [-0.2, 0) is 22.6 Å². The molecule has 1 aromatic rings. The van der Waals surface area contributed by atoms with E-state index >= 15 is 0 Å². The van der Waals surface area contributed by atoms with E-state index in [2.05, 4.69) is 38.2 Å². The van der Waals surface area contributed by atoms with Gasteiger partial charge in [0.05, 0.1) is 0 Å². The summed E-state index contributed by atoms with van der Waals surface area (Å²) in [5.41, 5.74) is 2.57. The number of rotatable bonds is 4. The third kappa shape index (κ3) is 4.81. The van der Waals surface area contributed by atoms with Gasteiger partial charge in [-0.2, -0.15) is 0 Å². The maximum atomic E-state index is 12.3. The molecule has 0 fully saturated rings. The molecule has 1 aliphatic heterocycles. The Morgan fingerprint density at radius 2 is 1.83 bits per heavy atom. The molecule has 0 unspecified atom stereocenters. The second-order valence-electron chi connectivity index (χ2n) is 7.49. The van der Waals surface area contributed by atoms with Gasteiger partial charge in [0.2, 0.25) is 11.8 Å². The highest BCUT2D eigenvalue weighted by atomic mass is 16.2. The van der Waals surface area contributed by atoms with Crippen molar-refractivity contribution in [3.63, 3.8) is 0 Å². The van der Waals surface area contributed by atoms with Gasteiger partial charge in [0.25, 0.3) is 0 Å². The lowest BCUT2D eigenvalue weighted by Crippen LogP contribution is -2.42. The highest BCUT2D eigenvalue weighted by Gasteiger charge is 2.23. The Morgan fingerprint density at radius 1 is 1.17 bits per heavy atom. The van der Waals surface area contributed by atoms with Gasteiger partial charge < -0.3 is 10.2 Å². The molecular formula is C19H28N2O2. The smallest absolute Gasteiger partial charge is 0.223 e. The predicted molar refractivity (Wildman–Crippen MR) is 91.9 cm³/mol. The SMILES string of the molecule is C[C@@H](NC(=O)CCC(=O)N1CCc2ccccc2C1)C(C)(C)C. The van der Waals surface area contributed by atoms with Gasteiger partial charge in [-0.3, -0.25) is 9.59 Å². The molecule has 126 valence electrons. The topological polar surface area (TPSA) is 49.4 Å². The minimum Gasteiger partial charge on any atom is -0.353 e. The van der Waals surface area contributed by atoms with Crippen LogP contribution in [0.5, 0.6) is 0 Å². The van der Waals surface area contributed by atoms with Crippen LogP contribution < -0.4 is 5.32 Å². The van der Waals surface area contributed by atoms with E-state index in [0.29, 0.717) is 6.54 Å². The van der Waals surface area contributed by atoms with Gasteiger partial charge in [-0.05, 0) is 29.9 Å². The van der Waals surface area contributed by atoms with Crippen LogP contribution in [0.25, 0.3) is 0 Å². The molecule has 4 heteroatoms. The van der Waals surface area contributed by atoms with Gasteiger partial charge in [0.15, 0.2) is 0 Å². The summed E-state index contributed by atoms with van der Waals surface area (Å²) < 4.78 is 0. The Kier molecular flexibility index (Phi) is 5.45. The molecule has 2 amide bonds. The summed E-state index contributed by atoms with van der Waals surface area (Å²) in [5, 5.41) is 2.98. The quantitative estimate of drug-likeness (QED) is 0.928. The van der Waals surface area contributed by atoms with Gasteiger partial charge in [0, 0.05) is 32.0 Å². The van der Waals surface area contributed by atoms with E-state index < -0.39 is 0 Å². The first-order valence-corrected chi connectivity index (χ1v) is 8.41. The lowest BCUT2D eigenvalue weighted by molar-refractivity contribution is -0.134. The second-order valence-corrected chi connectivity index (χ2v) is 7.49. The van der Waals surface area contributed by atoms with Gasteiger partial charge in [-0.15, -0.1) is 0 Å². The van der Waals surface area contributed by atoms with Crippen LogP contribution in [0.4, 0.5) is 0 Å². The van der Waals surface area contributed by atoms with Crippen LogP contribution in [0.3, 0.4) is 0 Å². The minimum atomic E-state index is -0.0433. The van der Waals surface area contributed by atoms with Crippen molar-refractivity contribution in [1.29, 1.82) is 0 Å². The first-order chi connectivity index (χ1) is 10.8. The summed E-state index contributed by atoms with van der Waals surface area (Å²) in [6, 6.07) is 8.34. The van der Waals surface area contributed by atoms with Crippen molar-refractivity contribution < 1.29 is 9.59 Å². The number of amides is 2. The summed E-state index contributed by atoms with van der Waals surface area (Å²) >= 11 is 0. The van der Waals surface area contributed by atoms with Crippen molar-refractivity contribution in [3.8, 4) is 0 Å². The predicted octanol–water partition coefficient (Wildman–Crippen LogP) is 2.90. The second kappa shape index (κ2) is 7.16. The Balaban J connectivity index is 1.81. The van der Waals surface area contributed by atoms with Crippen molar-refractivity contribution in [1.82, 2.24) is 10.2 Å². The number of hydrogen-bond donors (Lipinski definition) is 1. The Hall–Kier alpha value is -1.84. The average molecular weight is 316 g/mol. The summed E-state index contributed by atoms with van der Waals surface area (Å²) in [4.78, 5) is 26.2. The molecule has 0 spiro atoms. The minimum absolute atomic E-state index is 0.0241. The molecule has 0 saturated heterocycles. The first-order valence-electron chi connectivity index (χ1n) is 8.41. The fraction of sp³-hybridized carbons (Fsp3) is 0.579. The van der Waals surface area contributed by atoms with Gasteiger partial charge in [0.1, 0.15) is 0 Å². The Morgan fingerprint density at radius 3 is 2.48 bits per heavy atom. The summed E-state index contributed by atoms with van der Waals surface area (Å²) in [7, 11) is 0. The van der Waals surface area contributed by atoms with Crippen molar-refractivity contribution >= 4 is 11.8 Å². The third-order valence-electron chi connectivity index (χ3n) is 4.73. The van der Waals surface area contributed by atoms with Crippen molar-refractivity contribution in [2.24, 2.45) is 5.41 Å². The van der Waals surface area contributed by atoms with E-state index in [4.69, 9.17) is 0 Å². The molecule has 2 rings (SSSR count). The lowest BCUT2D eigenvalue weighted by Gasteiger charge is -2.29. The van der Waals surface area contributed by atoms with Crippen molar-refractivity contribution in [2.75, 3.05) is 6.54 Å². The molecule has 0 aliphatic carbocycles. The molecule has 1 heterocycles. The summed E-state index contributed by atoms with van der Waals surface area (Å²) in [6.45, 7) is 9.68. The van der Waals surface area contributed by atoms with Crippen LogP contribution in [-0.4, -0.2) is 29.3 Å². The van der Waals surface area contributed by atoms with Crippen molar-refractivity contribution in [3.05, 3.63) is 35.4 Å². The lowest BCUT2D eigenvalue weighted by atomic mass is 9.88. The van der Waals surface area contributed by atoms with E-state index in [1.807, 2.05) is 24.0 Å². The average Bonchev–Trinajstić information content (AvgIpc) is 2.51. The molecular weight excluding hydrogens is 288 g/mol. The molecule has 0 saturated carbocycles. The normalized spacial score (nSPS) is 15.7. The molecule has 1 atom stereocenters. The molecule has 0 bridgehead atoms. The zero-order valence-electron chi connectivity index (χ0n) is 14.7. The van der Waals surface area contributed by atoms with E-state index in [-0.39, 0.29) is 36.1 Å². The molecule has 1 aliphatic rings. The Labute approximate surface area is 139 Å². The fourth-order valence-corrected chi connectivity index (χ4v) is 2.62. The largest absolute Gasteiger partial charge is 0.353 e. The van der Waals surface area contributed by atoms with E-state index in [1.54, 1.807) is 0 Å². The van der Waals surface area contributed by atoms with Crippen molar-refractivity contribution in [2.45, 2.75) is 59.5 Å². The number of carbonyl (C=O) groups excluding carboxylic acids is 2. The van der Waals surface area contributed by atoms with Gasteiger partial charge in [-0.25, -0.2) is 0 Å². The van der Waals surface area contributed by atoms with Gasteiger partial charge in [-0.1, -0.05) is 45.0 Å². The molecule has 0 radical (unpaired) electrons. The fourth-order valence-electron chi connectivity index (χ4n) is 2.62. The number of nitrogens with zero attached hydrogens (tertiary/aromatic N) is 1. The number of fused-ring (bicyclic) bond motifs is 1. The zero-order valence-corrected chi connectivity index (χ0v) is 14.7. The highest BCUT2D eigenvalue weighted by molar-refractivity contribution is 5.84. The van der Waals surface area contributed by atoms with Crippen LogP contribution in [0.15, 0.2) is 24.3 Å². The highest BCUT2D eigenvalue weighted by Crippen LogP contribution is 2.20. The standard InChI is InChI=1S/C19H28N2O2/c1-14(19(2,3)4)20-17(22)9-10-18(23)21-12-11-15-7-5-6-8-16(15)13-21/h5-8,14H,9-13H2,1-4H3,(H,20,22)/t14-/m1/s1. The summed E-state index contributed by atoms with van der Waals surface area (Å²) in [6.07, 6.45) is 1.44. The van der Waals surface area contributed by atoms with Crippen LogP contribution in [0.1, 0.15) is 51.7 Å². The van der Waals surface area contributed by atoms with E-state index in [0.717, 1.165) is 13.0 Å².